The molecular weight excluding hydrogens is 500 g/mol. The molecule has 0 radical (unpaired) electrons. The monoisotopic (exact) mass is 526 g/mol. The molecule has 2 aliphatic rings. The zero-order valence-electron chi connectivity index (χ0n) is 20.9. The van der Waals surface area contributed by atoms with Crippen molar-refractivity contribution < 1.29 is 22.3 Å². The van der Waals surface area contributed by atoms with E-state index in [-0.39, 0.29) is 28.7 Å². The second-order valence-electron chi connectivity index (χ2n) is 10.2. The molecule has 0 spiro atoms. The SMILES string of the molecule is Cc1nc2c(-c3ccc(C(F)(F)F)cc3F)cc(C3CCO[C@H](c4cnn(C5CC5)c4)C3)cc2c(=O)n1C. The predicted molar refractivity (Wildman–Crippen MR) is 133 cm³/mol. The van der Waals surface area contributed by atoms with E-state index in [0.29, 0.717) is 48.3 Å². The van der Waals surface area contributed by atoms with Crippen molar-refractivity contribution in [1.29, 1.82) is 0 Å². The van der Waals surface area contributed by atoms with Crippen LogP contribution in [0.4, 0.5) is 17.6 Å². The topological polar surface area (TPSA) is 61.9 Å². The fourth-order valence-corrected chi connectivity index (χ4v) is 5.25. The van der Waals surface area contributed by atoms with Gasteiger partial charge in [0.25, 0.3) is 5.56 Å². The number of nitrogens with zero attached hydrogens (tertiary/aromatic N) is 4. The Morgan fingerprint density at radius 2 is 1.84 bits per heavy atom. The molecule has 0 bridgehead atoms. The number of ether oxygens (including phenoxy) is 1. The van der Waals surface area contributed by atoms with E-state index in [2.05, 4.69) is 10.1 Å². The van der Waals surface area contributed by atoms with Crippen LogP contribution in [0.25, 0.3) is 22.0 Å². The lowest BCUT2D eigenvalue weighted by molar-refractivity contribution is -0.137. The fraction of sp³-hybridized carbons (Fsp3) is 0.393. The Morgan fingerprint density at radius 3 is 2.55 bits per heavy atom. The molecule has 1 aliphatic heterocycles. The summed E-state index contributed by atoms with van der Waals surface area (Å²) in [5.74, 6) is -0.608. The molecule has 1 saturated carbocycles. The van der Waals surface area contributed by atoms with Gasteiger partial charge in [-0.05, 0) is 68.4 Å². The summed E-state index contributed by atoms with van der Waals surface area (Å²) in [4.78, 5) is 17.8. The molecule has 1 unspecified atom stereocenters. The predicted octanol–water partition coefficient (Wildman–Crippen LogP) is 6.23. The Kier molecular flexibility index (Phi) is 5.90. The highest BCUT2D eigenvalue weighted by atomic mass is 19.4. The van der Waals surface area contributed by atoms with Gasteiger partial charge >= 0.3 is 6.18 Å². The standard InChI is InChI=1S/C28H26F4N4O2/c1-15-34-26-22(21-6-3-19(12-24(21)29)28(30,31)32)9-17(10-23(26)27(37)35(15)2)16-7-8-38-25(11-16)18-13-33-36(14-18)20-4-5-20/h3,6,9-10,12-14,16,20,25H,4-5,7-8,11H2,1-2H3/t16?,25-/m0/s1. The Labute approximate surface area is 215 Å². The number of rotatable bonds is 4. The summed E-state index contributed by atoms with van der Waals surface area (Å²) in [7, 11) is 1.61. The molecule has 1 saturated heterocycles. The van der Waals surface area contributed by atoms with Gasteiger partial charge in [0, 0.05) is 36.5 Å². The highest BCUT2D eigenvalue weighted by Gasteiger charge is 2.32. The van der Waals surface area contributed by atoms with Gasteiger partial charge in [-0.15, -0.1) is 0 Å². The molecule has 198 valence electrons. The molecule has 2 fully saturated rings. The number of aromatic nitrogens is 4. The Morgan fingerprint density at radius 1 is 1.05 bits per heavy atom. The number of halogens is 4. The first-order valence-corrected chi connectivity index (χ1v) is 12.6. The third-order valence-corrected chi connectivity index (χ3v) is 7.68. The van der Waals surface area contributed by atoms with Gasteiger partial charge in [-0.3, -0.25) is 14.0 Å². The zero-order valence-corrected chi connectivity index (χ0v) is 20.9. The average molecular weight is 527 g/mol. The van der Waals surface area contributed by atoms with Crippen LogP contribution >= 0.6 is 0 Å². The van der Waals surface area contributed by atoms with Crippen molar-refractivity contribution in [2.24, 2.45) is 7.05 Å². The molecular formula is C28H26F4N4O2. The Bertz CT molecular complexity index is 1600. The molecule has 2 aromatic carbocycles. The minimum absolute atomic E-state index is 0.00954. The van der Waals surface area contributed by atoms with E-state index in [4.69, 9.17) is 4.74 Å². The third-order valence-electron chi connectivity index (χ3n) is 7.68. The number of hydrogen-bond acceptors (Lipinski definition) is 4. The Balaban J connectivity index is 1.45. The first-order valence-electron chi connectivity index (χ1n) is 12.6. The van der Waals surface area contributed by atoms with Crippen molar-refractivity contribution in [3.05, 3.63) is 81.4 Å². The van der Waals surface area contributed by atoms with E-state index < -0.39 is 17.6 Å². The Hall–Kier alpha value is -3.53. The number of hydrogen-bond donors (Lipinski definition) is 0. The largest absolute Gasteiger partial charge is 0.416 e. The number of aryl methyl sites for hydroxylation is 1. The summed E-state index contributed by atoms with van der Waals surface area (Å²) >= 11 is 0. The second kappa shape index (κ2) is 9.04. The summed E-state index contributed by atoms with van der Waals surface area (Å²) in [6.07, 6.45) is 2.58. The smallest absolute Gasteiger partial charge is 0.373 e. The molecule has 0 amide bonds. The van der Waals surface area contributed by atoms with Crippen molar-refractivity contribution in [2.45, 2.75) is 56.8 Å². The molecule has 4 aromatic rings. The zero-order chi connectivity index (χ0) is 26.8. The quantitative estimate of drug-likeness (QED) is 0.296. The van der Waals surface area contributed by atoms with E-state index in [9.17, 15) is 18.0 Å². The van der Waals surface area contributed by atoms with Gasteiger partial charge in [-0.1, -0.05) is 6.07 Å². The minimum atomic E-state index is -4.67. The molecule has 2 atom stereocenters. The van der Waals surface area contributed by atoms with Crippen molar-refractivity contribution >= 4 is 10.9 Å². The first-order chi connectivity index (χ1) is 18.1. The van der Waals surface area contributed by atoms with Crippen LogP contribution in [0.1, 0.15) is 66.3 Å². The molecule has 0 N–H and O–H groups in total. The van der Waals surface area contributed by atoms with Crippen LogP contribution in [0.2, 0.25) is 0 Å². The molecule has 2 aromatic heterocycles. The van der Waals surface area contributed by atoms with Gasteiger partial charge in [0.05, 0.1) is 34.8 Å². The number of alkyl halides is 3. The van der Waals surface area contributed by atoms with E-state index in [1.54, 1.807) is 26.1 Å². The van der Waals surface area contributed by atoms with Gasteiger partial charge in [-0.2, -0.15) is 18.3 Å². The summed E-state index contributed by atoms with van der Waals surface area (Å²) in [5, 5.41) is 4.77. The maximum atomic E-state index is 15.2. The van der Waals surface area contributed by atoms with E-state index in [0.717, 1.165) is 36.1 Å². The lowest BCUT2D eigenvalue weighted by atomic mass is 9.84. The van der Waals surface area contributed by atoms with Crippen LogP contribution < -0.4 is 5.56 Å². The first kappa shape index (κ1) is 24.8. The number of benzene rings is 2. The maximum Gasteiger partial charge on any atom is 0.416 e. The maximum absolute atomic E-state index is 15.2. The number of fused-ring (bicyclic) bond motifs is 1. The lowest BCUT2D eigenvalue weighted by Crippen LogP contribution is -2.22. The second-order valence-corrected chi connectivity index (χ2v) is 10.2. The van der Waals surface area contributed by atoms with Crippen molar-refractivity contribution in [2.75, 3.05) is 6.61 Å². The van der Waals surface area contributed by atoms with Crippen LogP contribution in [-0.4, -0.2) is 25.9 Å². The molecule has 10 heteroatoms. The van der Waals surface area contributed by atoms with Crippen molar-refractivity contribution in [3.8, 4) is 11.1 Å². The molecule has 6 nitrogen and oxygen atoms in total. The van der Waals surface area contributed by atoms with E-state index >= 15 is 4.39 Å². The summed E-state index contributed by atoms with van der Waals surface area (Å²) in [5.41, 5.74) is 0.966. The van der Waals surface area contributed by atoms with Crippen LogP contribution in [-0.2, 0) is 18.0 Å². The van der Waals surface area contributed by atoms with Gasteiger partial charge < -0.3 is 4.74 Å². The average Bonchev–Trinajstić information content (AvgIpc) is 3.63. The molecule has 38 heavy (non-hydrogen) atoms. The summed E-state index contributed by atoms with van der Waals surface area (Å²) < 4.78 is 64.2. The highest BCUT2D eigenvalue weighted by molar-refractivity contribution is 5.94. The normalized spacial score (nSPS) is 20.3. The molecule has 1 aliphatic carbocycles. The van der Waals surface area contributed by atoms with Crippen LogP contribution in [0.3, 0.4) is 0 Å². The van der Waals surface area contributed by atoms with Gasteiger partial charge in [-0.25, -0.2) is 9.37 Å². The summed E-state index contributed by atoms with van der Waals surface area (Å²) in [6.45, 7) is 2.16. The van der Waals surface area contributed by atoms with Gasteiger partial charge in [0.15, 0.2) is 0 Å². The van der Waals surface area contributed by atoms with E-state index in [1.807, 2.05) is 17.1 Å². The minimum Gasteiger partial charge on any atom is -0.373 e. The highest BCUT2D eigenvalue weighted by Crippen LogP contribution is 2.42. The van der Waals surface area contributed by atoms with Gasteiger partial charge in [0.1, 0.15) is 11.6 Å². The molecule has 6 rings (SSSR count). The van der Waals surface area contributed by atoms with E-state index in [1.165, 1.54) is 4.57 Å². The lowest BCUT2D eigenvalue weighted by Gasteiger charge is -2.30. The fourth-order valence-electron chi connectivity index (χ4n) is 5.25. The molecule has 3 heterocycles. The van der Waals surface area contributed by atoms with Crippen LogP contribution in [0, 0.1) is 12.7 Å². The van der Waals surface area contributed by atoms with Crippen molar-refractivity contribution in [3.63, 3.8) is 0 Å². The van der Waals surface area contributed by atoms with Crippen LogP contribution in [0.5, 0.6) is 0 Å². The third kappa shape index (κ3) is 4.40. The van der Waals surface area contributed by atoms with Crippen LogP contribution in [0.15, 0.2) is 47.5 Å². The van der Waals surface area contributed by atoms with Crippen molar-refractivity contribution in [1.82, 2.24) is 19.3 Å². The summed E-state index contributed by atoms with van der Waals surface area (Å²) in [6, 6.07) is 6.47. The van der Waals surface area contributed by atoms with Gasteiger partial charge in [0.2, 0.25) is 0 Å².